The van der Waals surface area contributed by atoms with Crippen molar-refractivity contribution in [3.63, 3.8) is 0 Å². The summed E-state index contributed by atoms with van der Waals surface area (Å²) in [6.45, 7) is 0. The maximum Gasteiger partial charge on any atom is 0.240 e. The number of nitrogens with zero attached hydrogens (tertiary/aromatic N) is 3. The molecule has 2 unspecified atom stereocenters. The second-order valence-corrected chi connectivity index (χ2v) is 10.5. The van der Waals surface area contributed by atoms with Crippen molar-refractivity contribution >= 4 is 29.1 Å². The number of carbonyl (C=O) groups excluding carboxylic acids is 1. The number of rotatable bonds is 4. The molecule has 4 nitrogen and oxygen atoms in total. The normalized spacial score (nSPS) is 30.3. The Morgan fingerprint density at radius 2 is 1.44 bits per heavy atom. The summed E-state index contributed by atoms with van der Waals surface area (Å²) >= 11 is 6.20. The minimum Gasteiger partial charge on any atom is -0.273 e. The van der Waals surface area contributed by atoms with E-state index >= 15 is 0 Å². The van der Waals surface area contributed by atoms with E-state index in [4.69, 9.17) is 11.6 Å². The molecule has 1 amide bonds. The van der Waals surface area contributed by atoms with E-state index in [-0.39, 0.29) is 16.7 Å². The predicted octanol–water partition coefficient (Wildman–Crippen LogP) is 6.33. The van der Waals surface area contributed by atoms with E-state index in [1.54, 1.807) is 17.3 Å². The van der Waals surface area contributed by atoms with Gasteiger partial charge < -0.3 is 0 Å². The van der Waals surface area contributed by atoms with Crippen molar-refractivity contribution in [1.29, 1.82) is 0 Å². The van der Waals surface area contributed by atoms with Gasteiger partial charge in [0.05, 0.1) is 5.41 Å². The fraction of sp³-hybridized carbons (Fsp3) is 0.370. The zero-order chi connectivity index (χ0) is 21.8. The van der Waals surface area contributed by atoms with Gasteiger partial charge >= 0.3 is 0 Å². The molecule has 3 aromatic rings. The van der Waals surface area contributed by atoms with Gasteiger partial charge in [-0.1, -0.05) is 35.9 Å². The fourth-order valence-electron chi connectivity index (χ4n) is 7.19. The minimum atomic E-state index is -0.376. The van der Waals surface area contributed by atoms with Gasteiger partial charge in [-0.15, -0.1) is 0 Å². The van der Waals surface area contributed by atoms with E-state index in [0.29, 0.717) is 23.5 Å². The van der Waals surface area contributed by atoms with E-state index < -0.39 is 0 Å². The SMILES string of the molecule is O=C(N(c1ccccn1)c1ccccn1)C12C[C@H]3C[C@@H](C1)CC(c1ccc(Cl)cc1)(C3)C2. The average molecular weight is 444 g/mol. The number of hydrogen-bond donors (Lipinski definition) is 0. The highest BCUT2D eigenvalue weighted by atomic mass is 35.5. The van der Waals surface area contributed by atoms with Crippen LogP contribution in [0.25, 0.3) is 0 Å². The Kier molecular flexibility index (Phi) is 4.62. The molecule has 7 rings (SSSR count). The van der Waals surface area contributed by atoms with Crippen LogP contribution >= 0.6 is 11.6 Å². The summed E-state index contributed by atoms with van der Waals surface area (Å²) in [5, 5.41) is 0.765. The maximum atomic E-state index is 14.5. The van der Waals surface area contributed by atoms with Crippen LogP contribution < -0.4 is 4.90 Å². The lowest BCUT2D eigenvalue weighted by Crippen LogP contribution is -2.59. The van der Waals surface area contributed by atoms with Crippen LogP contribution in [-0.2, 0) is 10.2 Å². The van der Waals surface area contributed by atoms with E-state index in [9.17, 15) is 4.79 Å². The van der Waals surface area contributed by atoms with Gasteiger partial charge in [0.2, 0.25) is 5.91 Å². The van der Waals surface area contributed by atoms with Crippen molar-refractivity contribution in [2.24, 2.45) is 17.3 Å². The largest absolute Gasteiger partial charge is 0.273 e. The number of pyridine rings is 2. The lowest BCUT2D eigenvalue weighted by Gasteiger charge is -2.62. The smallest absolute Gasteiger partial charge is 0.240 e. The molecular weight excluding hydrogens is 418 g/mol. The first-order chi connectivity index (χ1) is 15.6. The van der Waals surface area contributed by atoms with Gasteiger partial charge in [0, 0.05) is 17.4 Å². The van der Waals surface area contributed by atoms with E-state index in [2.05, 4.69) is 22.1 Å². The van der Waals surface area contributed by atoms with Crippen LogP contribution in [0, 0.1) is 17.3 Å². The Hall–Kier alpha value is -2.72. The molecule has 1 aromatic carbocycles. The van der Waals surface area contributed by atoms with Gasteiger partial charge in [-0.2, -0.15) is 0 Å². The van der Waals surface area contributed by atoms with Gasteiger partial charge in [-0.05, 0) is 97.7 Å². The third kappa shape index (κ3) is 3.15. The quantitative estimate of drug-likeness (QED) is 0.473. The van der Waals surface area contributed by atoms with Crippen LogP contribution in [0.5, 0.6) is 0 Å². The number of halogens is 1. The summed E-state index contributed by atoms with van der Waals surface area (Å²) in [5.74, 6) is 2.62. The van der Waals surface area contributed by atoms with Crippen LogP contribution in [0.1, 0.15) is 44.1 Å². The maximum absolute atomic E-state index is 14.5. The highest BCUT2D eigenvalue weighted by molar-refractivity contribution is 6.30. The van der Waals surface area contributed by atoms with E-state index in [1.807, 2.05) is 48.5 Å². The molecule has 4 saturated carbocycles. The summed E-state index contributed by atoms with van der Waals surface area (Å²) in [6, 6.07) is 19.8. The molecule has 0 aliphatic heterocycles. The number of benzene rings is 1. The second-order valence-electron chi connectivity index (χ2n) is 10.0. The lowest BCUT2D eigenvalue weighted by atomic mass is 9.42. The first kappa shape index (κ1) is 19.9. The summed E-state index contributed by atoms with van der Waals surface area (Å²) in [4.78, 5) is 25.3. The van der Waals surface area contributed by atoms with Gasteiger partial charge in [-0.3, -0.25) is 4.79 Å². The monoisotopic (exact) mass is 443 g/mol. The standard InChI is InChI=1S/C27H26ClN3O/c28-22-9-7-21(8-10-22)26-14-19-13-20(15-26)17-27(16-19,18-26)25(32)31(23-5-1-3-11-29-23)24-6-2-4-12-30-24/h1-12,19-20H,13-18H2/t19-,20+,26?,27?. The summed E-state index contributed by atoms with van der Waals surface area (Å²) < 4.78 is 0. The number of carbonyl (C=O) groups is 1. The molecule has 5 heteroatoms. The van der Waals surface area contributed by atoms with Gasteiger partial charge in [0.25, 0.3) is 0 Å². The van der Waals surface area contributed by atoms with Crippen LogP contribution in [0.4, 0.5) is 11.6 Å². The topological polar surface area (TPSA) is 46.1 Å². The van der Waals surface area contributed by atoms with Crippen LogP contribution in [-0.4, -0.2) is 15.9 Å². The molecule has 2 heterocycles. The third-order valence-electron chi connectivity index (χ3n) is 7.93. The molecule has 0 spiro atoms. The van der Waals surface area contributed by atoms with Crippen molar-refractivity contribution in [1.82, 2.24) is 9.97 Å². The van der Waals surface area contributed by atoms with Crippen LogP contribution in [0.15, 0.2) is 73.1 Å². The van der Waals surface area contributed by atoms with Crippen LogP contribution in [0.2, 0.25) is 5.02 Å². The van der Waals surface area contributed by atoms with Crippen LogP contribution in [0.3, 0.4) is 0 Å². The lowest BCUT2D eigenvalue weighted by molar-refractivity contribution is -0.145. The molecule has 162 valence electrons. The van der Waals surface area contributed by atoms with E-state index in [0.717, 1.165) is 24.3 Å². The number of aromatic nitrogens is 2. The molecule has 2 aromatic heterocycles. The molecule has 4 atom stereocenters. The summed E-state index contributed by atoms with van der Waals surface area (Å²) in [7, 11) is 0. The Morgan fingerprint density at radius 3 is 1.97 bits per heavy atom. The highest BCUT2D eigenvalue weighted by Gasteiger charge is 2.62. The van der Waals surface area contributed by atoms with Crippen molar-refractivity contribution in [3.8, 4) is 0 Å². The van der Waals surface area contributed by atoms with Crippen molar-refractivity contribution in [3.05, 3.63) is 83.6 Å². The van der Waals surface area contributed by atoms with Gasteiger partial charge in [0.1, 0.15) is 11.6 Å². The molecule has 0 saturated heterocycles. The van der Waals surface area contributed by atoms with Gasteiger partial charge in [-0.25, -0.2) is 14.9 Å². The Balaban J connectivity index is 1.43. The minimum absolute atomic E-state index is 0.0598. The molecule has 32 heavy (non-hydrogen) atoms. The molecule has 4 aliphatic rings. The predicted molar refractivity (Wildman–Crippen MR) is 126 cm³/mol. The highest BCUT2D eigenvalue weighted by Crippen LogP contribution is 2.66. The average Bonchev–Trinajstić information content (AvgIpc) is 2.80. The molecule has 0 N–H and O–H groups in total. The Labute approximate surface area is 193 Å². The molecule has 4 fully saturated rings. The molecule has 4 aliphatic carbocycles. The zero-order valence-corrected chi connectivity index (χ0v) is 18.7. The zero-order valence-electron chi connectivity index (χ0n) is 18.0. The number of amides is 1. The Bertz CT molecular complexity index is 1080. The Morgan fingerprint density at radius 1 is 0.844 bits per heavy atom. The van der Waals surface area contributed by atoms with Crippen molar-refractivity contribution in [2.45, 2.75) is 43.9 Å². The number of anilines is 2. The van der Waals surface area contributed by atoms with E-state index in [1.165, 1.54) is 24.8 Å². The summed E-state index contributed by atoms with van der Waals surface area (Å²) in [6.07, 6.45) is 9.91. The first-order valence-corrected chi connectivity index (χ1v) is 11.9. The molecule has 4 bridgehead atoms. The fourth-order valence-corrected chi connectivity index (χ4v) is 7.31. The van der Waals surface area contributed by atoms with Crippen molar-refractivity contribution in [2.75, 3.05) is 4.90 Å². The second kappa shape index (κ2) is 7.41. The third-order valence-corrected chi connectivity index (χ3v) is 8.18. The number of hydrogen-bond acceptors (Lipinski definition) is 3. The van der Waals surface area contributed by atoms with Crippen molar-refractivity contribution < 1.29 is 4.79 Å². The molecular formula is C27H26ClN3O. The summed E-state index contributed by atoms with van der Waals surface area (Å²) in [5.41, 5.74) is 1.03. The van der Waals surface area contributed by atoms with Gasteiger partial charge in [0.15, 0.2) is 0 Å². The molecule has 0 radical (unpaired) electrons. The first-order valence-electron chi connectivity index (χ1n) is 11.5.